The molecule has 2 N–H and O–H groups in total. The average Bonchev–Trinajstić information content (AvgIpc) is 0.816. The van der Waals surface area contributed by atoms with E-state index in [1.807, 2.05) is 0 Å². The maximum atomic E-state index is 13.7. The van der Waals surface area contributed by atoms with Gasteiger partial charge in [-0.05, 0) is 96.3 Å². The number of rotatable bonds is 39. The normalized spacial score (nSPS) is 13.9. The van der Waals surface area contributed by atoms with E-state index >= 15 is 0 Å². The van der Waals surface area contributed by atoms with Crippen molar-refractivity contribution in [3.05, 3.63) is 234 Å². The third-order valence-electron chi connectivity index (χ3n) is 18.3. The van der Waals surface area contributed by atoms with Gasteiger partial charge in [0.1, 0.15) is 67.9 Å². The summed E-state index contributed by atoms with van der Waals surface area (Å²) in [4.78, 5) is 97.4. The van der Waals surface area contributed by atoms with Gasteiger partial charge in [-0.2, -0.15) is 13.2 Å². The molecule has 22 radical (unpaired) electrons. The Labute approximate surface area is 798 Å². The van der Waals surface area contributed by atoms with Crippen molar-refractivity contribution in [2.24, 2.45) is 5.92 Å². The number of ether oxygens (including phenoxy) is 8. The smallest absolute Gasteiger partial charge is 0.426 e. The summed E-state index contributed by atoms with van der Waals surface area (Å²) in [6.07, 6.45) is -11.0. The maximum absolute atomic E-state index is 13.7. The van der Waals surface area contributed by atoms with E-state index in [0.717, 1.165) is 11.1 Å². The van der Waals surface area contributed by atoms with Gasteiger partial charge in [0, 0.05) is 6.42 Å². The van der Waals surface area contributed by atoms with Crippen LogP contribution in [0.1, 0.15) is 153 Å². The van der Waals surface area contributed by atoms with Gasteiger partial charge in [0.2, 0.25) is 6.10 Å². The topological polar surface area (TPSA) is 594 Å². The second-order valence-corrected chi connectivity index (χ2v) is 37.2. The molecule has 0 spiro atoms. The number of halogens is 3. The Balaban J connectivity index is 0.000000455. The van der Waals surface area contributed by atoms with Crippen LogP contribution in [0.15, 0.2) is 133 Å². The van der Waals surface area contributed by atoms with Crippen LogP contribution in [0, 0.1) is 5.92 Å². The van der Waals surface area contributed by atoms with Crippen molar-refractivity contribution in [2.75, 3.05) is 67.6 Å². The largest absolute Gasteiger partial charge is 0.748 e. The molecule has 4 unspecified atom stereocenters. The number of aromatic hydroxyl groups is 2. The van der Waals surface area contributed by atoms with Gasteiger partial charge in [0.15, 0.2) is 0 Å². The second-order valence-electron chi connectivity index (χ2n) is 28.1. The van der Waals surface area contributed by atoms with Crippen LogP contribution in [0.2, 0.25) is 0 Å². The molecule has 136 heavy (non-hydrogen) atoms. The summed E-state index contributed by atoms with van der Waals surface area (Å²) in [7, 11) is 34.3. The molecule has 8 rings (SSSR count). The fourth-order valence-corrected chi connectivity index (χ4v) is 13.6. The second kappa shape index (κ2) is 57.3. The molecule has 0 saturated heterocycles. The van der Waals surface area contributed by atoms with Crippen molar-refractivity contribution in [1.82, 2.24) is 0 Å². The molecule has 7 aromatic carbocycles. The van der Waals surface area contributed by atoms with Gasteiger partial charge in [-0.3, -0.25) is 4.79 Å². The van der Waals surface area contributed by atoms with E-state index in [0.29, 0.717) is 56.4 Å². The van der Waals surface area contributed by atoms with Crippen LogP contribution in [0.5, 0.6) is 11.5 Å². The first kappa shape index (κ1) is 120. The van der Waals surface area contributed by atoms with E-state index in [-0.39, 0.29) is 126 Å². The lowest BCUT2D eigenvalue weighted by molar-refractivity contribution is -0.220. The standard InChI is InChI=1S/C30H29B6F3O9S.2C10H11BO6S.3C10H11BO5S/c31-8-15-3-17(10-33)23(12-35)20(5-15)27(40)46-19-1-2-25(22(7-19)29(42)48-26(30(37,38)39)14-49(43,44)45)47-28(41)21-6-16(9-32)4-18(11-34)24(21)13-36;11-6-7-1-2-9(12)8(5-7)10(13)17-3-4-18(14,15)16;11-6-7-1-2-8(9(12)5-7)10(13)17-3-4-18(14,15)16;11-7-8-1-3-9(4-2-8)10(12)16-5-6-17(13,14)15;11-7-8-2-1-3-9(6-8)10(12)16-4-5-17(13,14)15;11-7-8-3-1-2-4-9(8)10(12)16-5-6-17(13,14)15/h3-6,19,22,25-26H,1-2,7-14H2,(H,43,44,45);2*1-2,5,12H,3-4,6H2,(H,14,15,16);1-4H,5-7H2,(H,13,14,15);1-3,6H,4-5,7H2,(H,13,14,15);1-4H,5-7H2,(H,13,14,15)/p-6. The van der Waals surface area contributed by atoms with Crippen LogP contribution >= 0.6 is 0 Å². The molecule has 4 atom stereocenters. The predicted octanol–water partition coefficient (Wildman–Crippen LogP) is 0.965. The zero-order valence-electron chi connectivity index (χ0n) is 71.9. The van der Waals surface area contributed by atoms with E-state index in [1.165, 1.54) is 72.8 Å². The molecule has 0 aromatic heterocycles. The molecule has 1 aliphatic carbocycles. The van der Waals surface area contributed by atoms with Gasteiger partial charge in [-0.25, -0.2) is 84.1 Å². The van der Waals surface area contributed by atoms with Gasteiger partial charge in [0.25, 0.3) is 0 Å². The van der Waals surface area contributed by atoms with Gasteiger partial charge >= 0.3 is 53.9 Å². The van der Waals surface area contributed by atoms with E-state index < -0.39 is 213 Å². The number of hydrogen-bond acceptors (Lipinski definition) is 36. The molecule has 1 fully saturated rings. The molecule has 7 aromatic rings. The molecular weight excluding hydrogens is 1910 g/mol. The van der Waals surface area contributed by atoms with Crippen molar-refractivity contribution in [3.8, 4) is 11.5 Å². The lowest BCUT2D eigenvalue weighted by atomic mass is 9.80. The highest BCUT2D eigenvalue weighted by Gasteiger charge is 2.48. The number of esters is 8. The summed E-state index contributed by atoms with van der Waals surface area (Å²) >= 11 is 0. The monoisotopic (exact) mass is 1980 g/mol. The van der Waals surface area contributed by atoms with E-state index in [9.17, 15) is 140 Å². The Kier molecular flexibility index (Phi) is 50.6. The Hall–Kier alpha value is -10.1. The number of alkyl halides is 3. The maximum Gasteiger partial charge on any atom is 0.426 e. The van der Waals surface area contributed by atoms with Crippen LogP contribution in [0.4, 0.5) is 13.2 Å². The van der Waals surface area contributed by atoms with E-state index in [4.69, 9.17) is 95.8 Å². The molecule has 1 saturated carbocycles. The molecular formula is C80H78B11F3O36S6-6. The summed E-state index contributed by atoms with van der Waals surface area (Å²) in [5.74, 6) is -15.6. The zero-order chi connectivity index (χ0) is 103. The highest BCUT2D eigenvalue weighted by molar-refractivity contribution is 7.86. The lowest BCUT2D eigenvalue weighted by Crippen LogP contribution is -2.46. The van der Waals surface area contributed by atoms with Crippen molar-refractivity contribution in [2.45, 2.75) is 113 Å². The molecule has 0 heterocycles. The molecule has 710 valence electrons. The Morgan fingerprint density at radius 2 is 0.728 bits per heavy atom. The number of hydrogen-bond donors (Lipinski definition) is 2. The van der Waals surface area contributed by atoms with Gasteiger partial charge in [-0.15, -0.1) is 0 Å². The molecule has 0 aliphatic heterocycles. The number of carbonyl (C=O) groups excluding carboxylic acids is 8. The summed E-state index contributed by atoms with van der Waals surface area (Å²) in [5, 5.41) is 19.0. The van der Waals surface area contributed by atoms with Crippen molar-refractivity contribution in [3.63, 3.8) is 0 Å². The molecule has 0 bridgehead atoms. The summed E-state index contributed by atoms with van der Waals surface area (Å²) in [6, 6.07) is 33.9. The van der Waals surface area contributed by atoms with Gasteiger partial charge in [0.05, 0.1) is 215 Å². The van der Waals surface area contributed by atoms with Crippen LogP contribution in [-0.2, 0) is 173 Å². The highest BCUT2D eigenvalue weighted by atomic mass is 32.2. The van der Waals surface area contributed by atoms with Crippen LogP contribution < -0.4 is 0 Å². The minimum Gasteiger partial charge on any atom is -0.748 e. The summed E-state index contributed by atoms with van der Waals surface area (Å²) in [5.41, 5.74) is 6.82. The first-order chi connectivity index (χ1) is 63.4. The first-order valence-corrected chi connectivity index (χ1v) is 49.0. The quantitative estimate of drug-likeness (QED) is 0.0234. The van der Waals surface area contributed by atoms with Gasteiger partial charge < -0.3 is 75.4 Å². The third-order valence-corrected chi connectivity index (χ3v) is 22.3. The SMILES string of the molecule is [B]Cc1cc(C[B])c(C[B])c(C(=O)OC2CCC(OC(=O)c3cc(C[B])cc(C[B])c3C[B])C(C(=O)OC(CS(=O)(=O)[O-])C(F)(F)F)C2)c1.[B]Cc1ccc(C(=O)OCCS(=O)(=O)[O-])c(O)c1.[B]Cc1ccc(C(=O)OCCS(=O)(=O)[O-])cc1.[B]Cc1ccc(O)c(C(=O)OCCS(=O)(=O)[O-])c1.[B]Cc1cccc(C(=O)OCCS(=O)(=O)[O-])c1.[B]Cc1ccccc1C(=O)OCCS(=O)(=O)[O-]. The fraction of sp³-hybridized carbons (Fsp3) is 0.375. The predicted molar refractivity (Wildman–Crippen MR) is 483 cm³/mol. The minimum atomic E-state index is -5.51. The van der Waals surface area contributed by atoms with Crippen molar-refractivity contribution in [1.29, 1.82) is 0 Å². The number of phenols is 2. The summed E-state index contributed by atoms with van der Waals surface area (Å²) < 4.78 is 268. The number of phenolic OH excluding ortho intramolecular Hbond substituents is 2. The molecule has 1 aliphatic rings. The van der Waals surface area contributed by atoms with Crippen LogP contribution in [0.3, 0.4) is 0 Å². The third kappa shape index (κ3) is 45.0. The summed E-state index contributed by atoms with van der Waals surface area (Å²) in [6.45, 7) is -2.45. The van der Waals surface area contributed by atoms with Crippen molar-refractivity contribution >= 4 is 195 Å². The minimum absolute atomic E-state index is 0.0117. The highest BCUT2D eigenvalue weighted by Crippen LogP contribution is 2.36. The van der Waals surface area contributed by atoms with Crippen LogP contribution in [0.25, 0.3) is 0 Å². The lowest BCUT2D eigenvalue weighted by Gasteiger charge is -2.35. The zero-order valence-corrected chi connectivity index (χ0v) is 76.8. The Bertz CT molecular complexity index is 5970. The molecule has 0 amide bonds. The Morgan fingerprint density at radius 1 is 0.346 bits per heavy atom. The van der Waals surface area contributed by atoms with E-state index in [1.54, 1.807) is 60.7 Å². The fourth-order valence-electron chi connectivity index (χ4n) is 11.5. The van der Waals surface area contributed by atoms with Gasteiger partial charge in [-0.1, -0.05) is 181 Å². The van der Waals surface area contributed by atoms with Crippen LogP contribution in [-0.4, -0.2) is 314 Å². The Morgan fingerprint density at radius 3 is 1.14 bits per heavy atom. The average molecular weight is 1980 g/mol. The number of benzene rings is 7. The first-order valence-electron chi connectivity index (χ1n) is 39.5. The number of carbonyl (C=O) groups is 8. The van der Waals surface area contributed by atoms with Crippen molar-refractivity contribution < 1.29 is 177 Å². The molecule has 36 nitrogen and oxygen atoms in total. The van der Waals surface area contributed by atoms with E-state index in [2.05, 4.69) is 28.4 Å². The molecule has 56 heteroatoms.